The first-order valence-corrected chi connectivity index (χ1v) is 5.11. The standard InChI is InChI=1S/C10H8ClN3O3/c11-8-3-1-6(17-8)5-12-10(16)7-2-4-9(15)14-13-7/h1-4H,5H2,(H,12,16)(H,14,15). The maximum Gasteiger partial charge on any atom is 0.272 e. The Morgan fingerprint density at radius 1 is 1.41 bits per heavy atom. The third-order valence-electron chi connectivity index (χ3n) is 1.96. The van der Waals surface area contributed by atoms with Crippen LogP contribution >= 0.6 is 11.6 Å². The molecule has 2 rings (SSSR count). The van der Waals surface area contributed by atoms with Crippen molar-refractivity contribution in [2.24, 2.45) is 0 Å². The number of carbonyl (C=O) groups excluding carboxylic acids is 1. The Morgan fingerprint density at radius 2 is 2.24 bits per heavy atom. The van der Waals surface area contributed by atoms with E-state index in [9.17, 15) is 9.59 Å². The normalized spacial score (nSPS) is 10.2. The molecule has 2 aromatic rings. The van der Waals surface area contributed by atoms with E-state index in [4.69, 9.17) is 16.0 Å². The van der Waals surface area contributed by atoms with Crippen LogP contribution in [-0.2, 0) is 6.54 Å². The maximum absolute atomic E-state index is 11.6. The van der Waals surface area contributed by atoms with Gasteiger partial charge in [-0.1, -0.05) is 0 Å². The molecule has 0 saturated carbocycles. The zero-order valence-electron chi connectivity index (χ0n) is 8.57. The lowest BCUT2D eigenvalue weighted by atomic mass is 10.3. The highest BCUT2D eigenvalue weighted by Gasteiger charge is 2.08. The number of nitrogens with one attached hydrogen (secondary N) is 2. The average molecular weight is 254 g/mol. The van der Waals surface area contributed by atoms with Gasteiger partial charge in [0, 0.05) is 6.07 Å². The molecule has 0 aromatic carbocycles. The molecule has 2 N–H and O–H groups in total. The summed E-state index contributed by atoms with van der Waals surface area (Å²) in [6.45, 7) is 0.201. The van der Waals surface area contributed by atoms with Gasteiger partial charge in [0.2, 0.25) is 0 Å². The van der Waals surface area contributed by atoms with E-state index in [2.05, 4.69) is 15.5 Å². The lowest BCUT2D eigenvalue weighted by molar-refractivity contribution is 0.0942. The largest absolute Gasteiger partial charge is 0.448 e. The summed E-state index contributed by atoms with van der Waals surface area (Å²) in [5, 5.41) is 8.59. The lowest BCUT2D eigenvalue weighted by Crippen LogP contribution is -2.25. The molecule has 2 heterocycles. The molecule has 6 nitrogen and oxygen atoms in total. The Morgan fingerprint density at radius 3 is 2.82 bits per heavy atom. The van der Waals surface area contributed by atoms with Crippen LogP contribution in [0.2, 0.25) is 5.22 Å². The summed E-state index contributed by atoms with van der Waals surface area (Å²) in [5.41, 5.74) is -0.235. The van der Waals surface area contributed by atoms with Crippen LogP contribution in [0, 0.1) is 0 Å². The van der Waals surface area contributed by atoms with Crippen molar-refractivity contribution in [3.8, 4) is 0 Å². The fraction of sp³-hybridized carbons (Fsp3) is 0.100. The van der Waals surface area contributed by atoms with Crippen molar-refractivity contribution in [3.05, 3.63) is 51.3 Å². The van der Waals surface area contributed by atoms with Crippen LogP contribution < -0.4 is 10.9 Å². The number of hydrogen-bond donors (Lipinski definition) is 2. The Kier molecular flexibility index (Phi) is 3.24. The van der Waals surface area contributed by atoms with Crippen LogP contribution in [0.5, 0.6) is 0 Å². The van der Waals surface area contributed by atoms with Crippen molar-refractivity contribution < 1.29 is 9.21 Å². The fourth-order valence-electron chi connectivity index (χ4n) is 1.18. The highest BCUT2D eigenvalue weighted by Crippen LogP contribution is 2.12. The number of furan rings is 1. The molecule has 0 bridgehead atoms. The fourth-order valence-corrected chi connectivity index (χ4v) is 1.34. The zero-order chi connectivity index (χ0) is 12.3. The van der Waals surface area contributed by atoms with Crippen molar-refractivity contribution in [1.29, 1.82) is 0 Å². The molecular formula is C10H8ClN3O3. The molecule has 0 atom stereocenters. The van der Waals surface area contributed by atoms with E-state index < -0.39 is 5.91 Å². The van der Waals surface area contributed by atoms with Gasteiger partial charge in [-0.25, -0.2) is 5.10 Å². The van der Waals surface area contributed by atoms with Crippen LogP contribution in [0.3, 0.4) is 0 Å². The van der Waals surface area contributed by atoms with Crippen molar-refractivity contribution in [1.82, 2.24) is 15.5 Å². The molecule has 0 fully saturated rings. The lowest BCUT2D eigenvalue weighted by Gasteiger charge is -2.01. The van der Waals surface area contributed by atoms with Gasteiger partial charge in [-0.3, -0.25) is 9.59 Å². The molecule has 88 valence electrons. The summed E-state index contributed by atoms with van der Waals surface area (Å²) < 4.78 is 5.06. The summed E-state index contributed by atoms with van der Waals surface area (Å²) in [5.74, 6) is 0.126. The number of halogens is 1. The Labute approximate surface area is 101 Å². The molecule has 2 aromatic heterocycles. The van der Waals surface area contributed by atoms with Gasteiger partial charge in [0.25, 0.3) is 11.5 Å². The molecular weight excluding hydrogens is 246 g/mol. The molecule has 7 heteroatoms. The number of aromatic nitrogens is 2. The van der Waals surface area contributed by atoms with Crippen molar-refractivity contribution in [3.63, 3.8) is 0 Å². The van der Waals surface area contributed by atoms with Crippen molar-refractivity contribution in [2.45, 2.75) is 6.54 Å². The molecule has 0 aliphatic rings. The van der Waals surface area contributed by atoms with Gasteiger partial charge in [0.15, 0.2) is 5.22 Å². The molecule has 1 amide bonds. The molecule has 0 unspecified atom stereocenters. The molecule has 17 heavy (non-hydrogen) atoms. The van der Waals surface area contributed by atoms with Gasteiger partial charge in [0.05, 0.1) is 6.54 Å². The van der Waals surface area contributed by atoms with Crippen LogP contribution in [0.1, 0.15) is 16.2 Å². The molecule has 0 saturated heterocycles. The number of nitrogens with zero attached hydrogens (tertiary/aromatic N) is 1. The van der Waals surface area contributed by atoms with Crippen LogP contribution in [0.25, 0.3) is 0 Å². The highest BCUT2D eigenvalue weighted by atomic mass is 35.5. The second-order valence-corrected chi connectivity index (χ2v) is 3.57. The van der Waals surface area contributed by atoms with Crippen molar-refractivity contribution >= 4 is 17.5 Å². The Bertz CT molecular complexity index is 570. The van der Waals surface area contributed by atoms with E-state index in [0.717, 1.165) is 0 Å². The minimum absolute atomic E-state index is 0.127. The Hall–Kier alpha value is -2.08. The molecule has 0 aliphatic carbocycles. The smallest absolute Gasteiger partial charge is 0.272 e. The second-order valence-electron chi connectivity index (χ2n) is 3.19. The van der Waals surface area contributed by atoms with E-state index in [-0.39, 0.29) is 23.0 Å². The number of hydrogen-bond acceptors (Lipinski definition) is 4. The Balaban J connectivity index is 1.98. The minimum atomic E-state index is -0.409. The monoisotopic (exact) mass is 253 g/mol. The number of H-pyrrole nitrogens is 1. The molecule has 0 radical (unpaired) electrons. The third kappa shape index (κ3) is 2.94. The average Bonchev–Trinajstić information content (AvgIpc) is 2.73. The predicted molar refractivity (Wildman–Crippen MR) is 59.7 cm³/mol. The van der Waals surface area contributed by atoms with Gasteiger partial charge in [0.1, 0.15) is 11.5 Å². The summed E-state index contributed by atoms with van der Waals surface area (Å²) >= 11 is 5.58. The maximum atomic E-state index is 11.6. The van der Waals surface area contributed by atoms with E-state index in [1.54, 1.807) is 12.1 Å². The second kappa shape index (κ2) is 4.84. The summed E-state index contributed by atoms with van der Waals surface area (Å²) in [6, 6.07) is 5.80. The minimum Gasteiger partial charge on any atom is -0.448 e. The number of rotatable bonds is 3. The topological polar surface area (TPSA) is 88.0 Å². The first kappa shape index (κ1) is 11.4. The summed E-state index contributed by atoms with van der Waals surface area (Å²) in [4.78, 5) is 22.3. The summed E-state index contributed by atoms with van der Waals surface area (Å²) in [6.07, 6.45) is 0. The first-order valence-electron chi connectivity index (χ1n) is 4.73. The quantitative estimate of drug-likeness (QED) is 0.852. The van der Waals surface area contributed by atoms with Gasteiger partial charge in [-0.15, -0.1) is 0 Å². The van der Waals surface area contributed by atoms with Crippen LogP contribution in [-0.4, -0.2) is 16.1 Å². The first-order chi connectivity index (χ1) is 8.15. The number of aromatic amines is 1. The SMILES string of the molecule is O=C(NCc1ccc(Cl)o1)c1ccc(=O)[nH]n1. The third-order valence-corrected chi connectivity index (χ3v) is 2.17. The molecule has 0 spiro atoms. The van der Waals surface area contributed by atoms with Gasteiger partial charge < -0.3 is 9.73 Å². The van der Waals surface area contributed by atoms with E-state index in [0.29, 0.717) is 5.76 Å². The van der Waals surface area contributed by atoms with Crippen LogP contribution in [0.15, 0.2) is 33.5 Å². The zero-order valence-corrected chi connectivity index (χ0v) is 9.32. The molecule has 0 aliphatic heterocycles. The number of carbonyl (C=O) groups is 1. The summed E-state index contributed by atoms with van der Waals surface area (Å²) in [7, 11) is 0. The van der Waals surface area contributed by atoms with Gasteiger partial charge in [-0.05, 0) is 29.8 Å². The van der Waals surface area contributed by atoms with E-state index >= 15 is 0 Å². The van der Waals surface area contributed by atoms with Gasteiger partial charge in [-0.2, -0.15) is 5.10 Å². The van der Waals surface area contributed by atoms with E-state index in [1.165, 1.54) is 12.1 Å². The highest BCUT2D eigenvalue weighted by molar-refractivity contribution is 6.28. The van der Waals surface area contributed by atoms with Crippen LogP contribution in [0.4, 0.5) is 0 Å². The van der Waals surface area contributed by atoms with E-state index in [1.807, 2.05) is 0 Å². The van der Waals surface area contributed by atoms with Gasteiger partial charge >= 0.3 is 0 Å². The predicted octanol–water partition coefficient (Wildman–Crippen LogP) is 0.946. The number of amides is 1. The van der Waals surface area contributed by atoms with Crippen molar-refractivity contribution in [2.75, 3.05) is 0 Å².